The highest BCUT2D eigenvalue weighted by Gasteiger charge is 2.25. The Kier molecular flexibility index (Phi) is 4.60. The van der Waals surface area contributed by atoms with Gasteiger partial charge in [0.15, 0.2) is 0 Å². The fourth-order valence-corrected chi connectivity index (χ4v) is 3.85. The van der Waals surface area contributed by atoms with Gasteiger partial charge in [-0.15, -0.1) is 0 Å². The summed E-state index contributed by atoms with van der Waals surface area (Å²) >= 11 is 0. The van der Waals surface area contributed by atoms with Crippen LogP contribution in [-0.4, -0.2) is 28.2 Å². The molecule has 0 unspecified atom stereocenters. The second-order valence-electron chi connectivity index (χ2n) is 7.32. The second kappa shape index (κ2) is 7.06. The zero-order chi connectivity index (χ0) is 19.0. The van der Waals surface area contributed by atoms with Gasteiger partial charge in [0.25, 0.3) is 0 Å². The summed E-state index contributed by atoms with van der Waals surface area (Å²) in [5.41, 5.74) is 5.81. The molecular weight excluding hydrogens is 336 g/mol. The zero-order valence-corrected chi connectivity index (χ0v) is 16.4. The van der Waals surface area contributed by atoms with Gasteiger partial charge in [-0.3, -0.25) is 4.98 Å². The Morgan fingerprint density at radius 2 is 1.85 bits per heavy atom. The summed E-state index contributed by atoms with van der Waals surface area (Å²) in [5.74, 6) is 2.32. The van der Waals surface area contributed by atoms with Crippen molar-refractivity contribution in [3.63, 3.8) is 0 Å². The molecule has 0 bridgehead atoms. The van der Waals surface area contributed by atoms with Crippen LogP contribution in [0.15, 0.2) is 42.6 Å². The second-order valence-corrected chi connectivity index (χ2v) is 7.32. The molecule has 0 spiro atoms. The molecule has 5 heteroatoms. The number of aromatic nitrogens is 3. The molecule has 0 N–H and O–H groups in total. The predicted octanol–water partition coefficient (Wildman–Crippen LogP) is 4.41. The molecule has 5 nitrogen and oxygen atoms in total. The Bertz CT molecular complexity index is 943. The van der Waals surface area contributed by atoms with Crippen LogP contribution in [-0.2, 0) is 13.1 Å². The van der Waals surface area contributed by atoms with Gasteiger partial charge in [-0.1, -0.05) is 13.8 Å². The highest BCUT2D eigenvalue weighted by molar-refractivity contribution is 5.67. The van der Waals surface area contributed by atoms with Crippen molar-refractivity contribution in [3.05, 3.63) is 59.8 Å². The largest absolute Gasteiger partial charge is 0.497 e. The molecule has 4 rings (SSSR count). The number of rotatable bonds is 4. The Labute approximate surface area is 160 Å². The Morgan fingerprint density at radius 1 is 1.07 bits per heavy atom. The van der Waals surface area contributed by atoms with E-state index in [1.165, 1.54) is 11.4 Å². The van der Waals surface area contributed by atoms with Crippen LogP contribution >= 0.6 is 0 Å². The number of anilines is 1. The molecule has 0 amide bonds. The molecule has 0 saturated heterocycles. The van der Waals surface area contributed by atoms with Crippen molar-refractivity contribution >= 4 is 5.69 Å². The van der Waals surface area contributed by atoms with Crippen molar-refractivity contribution in [3.8, 4) is 17.0 Å². The summed E-state index contributed by atoms with van der Waals surface area (Å²) in [5, 5.41) is 0. The maximum atomic E-state index is 5.29. The first-order valence-corrected chi connectivity index (χ1v) is 9.48. The van der Waals surface area contributed by atoms with Crippen LogP contribution in [0.25, 0.3) is 11.3 Å². The van der Waals surface area contributed by atoms with E-state index in [2.05, 4.69) is 53.4 Å². The summed E-state index contributed by atoms with van der Waals surface area (Å²) in [6.07, 6.45) is 1.87. The molecule has 0 radical (unpaired) electrons. The number of ether oxygens (including phenoxy) is 1. The number of methoxy groups -OCH3 is 1. The van der Waals surface area contributed by atoms with Crippen LogP contribution in [0, 0.1) is 6.92 Å². The van der Waals surface area contributed by atoms with E-state index in [1.807, 2.05) is 24.4 Å². The highest BCUT2D eigenvalue weighted by Crippen LogP contribution is 2.33. The molecule has 1 aliphatic rings. The average molecular weight is 362 g/mol. The number of nitrogens with zero attached hydrogens (tertiary/aromatic N) is 4. The van der Waals surface area contributed by atoms with Gasteiger partial charge in [-0.25, -0.2) is 4.98 Å². The maximum absolute atomic E-state index is 5.29. The number of aryl methyl sites for hydroxylation is 1. The summed E-state index contributed by atoms with van der Waals surface area (Å²) in [6, 6.07) is 12.4. The summed E-state index contributed by atoms with van der Waals surface area (Å²) in [7, 11) is 1.70. The van der Waals surface area contributed by atoms with E-state index in [9.17, 15) is 0 Å². The minimum absolute atomic E-state index is 0.361. The van der Waals surface area contributed by atoms with Crippen LogP contribution in [0.4, 0.5) is 5.69 Å². The molecule has 1 aromatic carbocycles. The number of pyridine rings is 1. The molecule has 3 heterocycles. The van der Waals surface area contributed by atoms with E-state index >= 15 is 0 Å². The molecule has 0 aliphatic carbocycles. The number of hydrogen-bond acceptors (Lipinski definition) is 4. The van der Waals surface area contributed by atoms with Gasteiger partial charge in [0, 0.05) is 30.5 Å². The van der Waals surface area contributed by atoms with Crippen molar-refractivity contribution in [1.29, 1.82) is 0 Å². The predicted molar refractivity (Wildman–Crippen MR) is 108 cm³/mol. The first-order chi connectivity index (χ1) is 13.1. The molecule has 140 valence electrons. The molecule has 0 fully saturated rings. The number of imidazole rings is 1. The lowest BCUT2D eigenvalue weighted by Crippen LogP contribution is -2.34. The van der Waals surface area contributed by atoms with Crippen LogP contribution < -0.4 is 9.64 Å². The summed E-state index contributed by atoms with van der Waals surface area (Å²) < 4.78 is 7.64. The molecule has 0 saturated carbocycles. The number of benzene rings is 1. The third kappa shape index (κ3) is 3.18. The zero-order valence-electron chi connectivity index (χ0n) is 16.4. The van der Waals surface area contributed by atoms with Crippen LogP contribution in [0.5, 0.6) is 5.75 Å². The highest BCUT2D eigenvalue weighted by atomic mass is 16.5. The third-order valence-electron chi connectivity index (χ3n) is 5.28. The quantitative estimate of drug-likeness (QED) is 0.690. The van der Waals surface area contributed by atoms with Gasteiger partial charge in [0.1, 0.15) is 11.6 Å². The van der Waals surface area contributed by atoms with Crippen molar-refractivity contribution in [1.82, 2.24) is 14.5 Å². The lowest BCUT2D eigenvalue weighted by molar-refractivity contribution is 0.414. The van der Waals surface area contributed by atoms with Crippen molar-refractivity contribution in [2.45, 2.75) is 39.8 Å². The maximum Gasteiger partial charge on any atom is 0.119 e. The monoisotopic (exact) mass is 362 g/mol. The Balaban J connectivity index is 1.73. The van der Waals surface area contributed by atoms with Crippen molar-refractivity contribution in [2.24, 2.45) is 0 Å². The third-order valence-corrected chi connectivity index (χ3v) is 5.28. The molecule has 1 aliphatic heterocycles. The normalized spacial score (nSPS) is 13.7. The average Bonchev–Trinajstić information content (AvgIpc) is 3.04. The van der Waals surface area contributed by atoms with Gasteiger partial charge >= 0.3 is 0 Å². The van der Waals surface area contributed by atoms with Gasteiger partial charge in [-0.05, 0) is 49.2 Å². The first kappa shape index (κ1) is 17.6. The van der Waals surface area contributed by atoms with E-state index in [0.717, 1.165) is 48.2 Å². The molecule has 27 heavy (non-hydrogen) atoms. The van der Waals surface area contributed by atoms with E-state index in [-0.39, 0.29) is 0 Å². The summed E-state index contributed by atoms with van der Waals surface area (Å²) in [4.78, 5) is 12.0. The van der Waals surface area contributed by atoms with E-state index < -0.39 is 0 Å². The van der Waals surface area contributed by atoms with Crippen molar-refractivity contribution < 1.29 is 4.74 Å². The molecule has 3 aromatic rings. The fourth-order valence-electron chi connectivity index (χ4n) is 3.85. The lowest BCUT2D eigenvalue weighted by atomic mass is 10.00. The fraction of sp³-hybridized carbons (Fsp3) is 0.364. The Hall–Kier alpha value is -2.82. The van der Waals surface area contributed by atoms with Gasteiger partial charge < -0.3 is 14.2 Å². The first-order valence-electron chi connectivity index (χ1n) is 9.48. The molecule has 0 atom stereocenters. The van der Waals surface area contributed by atoms with Crippen molar-refractivity contribution in [2.75, 3.05) is 18.6 Å². The molecular formula is C22H26N4O. The smallest absolute Gasteiger partial charge is 0.119 e. The van der Waals surface area contributed by atoms with E-state index in [1.54, 1.807) is 7.11 Å². The van der Waals surface area contributed by atoms with Gasteiger partial charge in [0.05, 0.1) is 30.7 Å². The van der Waals surface area contributed by atoms with Crippen LogP contribution in [0.3, 0.4) is 0 Å². The molecule has 2 aromatic heterocycles. The van der Waals surface area contributed by atoms with Crippen LogP contribution in [0.1, 0.15) is 37.0 Å². The van der Waals surface area contributed by atoms with E-state index in [0.29, 0.717) is 5.92 Å². The summed E-state index contributed by atoms with van der Waals surface area (Å²) in [6.45, 7) is 9.23. The standard InChI is InChI=1S/C22H26N4O/c1-15(2)21-19(6-5-11-23-21)22-20-14-25(12-13-26(20)16(3)24-22)17-7-9-18(27-4)10-8-17/h5-11,15H,12-14H2,1-4H3. The minimum atomic E-state index is 0.361. The van der Waals surface area contributed by atoms with Gasteiger partial charge in [0.2, 0.25) is 0 Å². The lowest BCUT2D eigenvalue weighted by Gasteiger charge is -2.31. The van der Waals surface area contributed by atoms with Crippen LogP contribution in [0.2, 0.25) is 0 Å². The SMILES string of the molecule is COc1ccc(N2CCn3c(C)nc(-c4cccnc4C(C)C)c3C2)cc1. The topological polar surface area (TPSA) is 43.2 Å². The number of fused-ring (bicyclic) bond motifs is 1. The minimum Gasteiger partial charge on any atom is -0.497 e. The Morgan fingerprint density at radius 3 is 2.56 bits per heavy atom. The van der Waals surface area contributed by atoms with E-state index in [4.69, 9.17) is 9.72 Å². The number of hydrogen-bond donors (Lipinski definition) is 0. The van der Waals surface area contributed by atoms with Gasteiger partial charge in [-0.2, -0.15) is 0 Å².